The van der Waals surface area contributed by atoms with Gasteiger partial charge in [0.05, 0.1) is 12.1 Å². The highest BCUT2D eigenvalue weighted by molar-refractivity contribution is 4.99. The van der Waals surface area contributed by atoms with Gasteiger partial charge in [-0.25, -0.2) is 0 Å². The number of rotatable bonds is 6. The summed E-state index contributed by atoms with van der Waals surface area (Å²) in [5, 5.41) is 6.85. The van der Waals surface area contributed by atoms with Gasteiger partial charge in [0.25, 0.3) is 0 Å². The molecule has 0 aliphatic heterocycles. The average Bonchev–Trinajstić information content (AvgIpc) is 2.60. The first-order valence-corrected chi connectivity index (χ1v) is 5.31. The monoisotopic (exact) mass is 235 g/mol. The van der Waals surface area contributed by atoms with Gasteiger partial charge in [0.1, 0.15) is 0 Å². The fraction of sp³-hybridized carbons (Fsp3) is 0.700. The molecule has 1 aromatic heterocycles. The van der Waals surface area contributed by atoms with E-state index in [1.165, 1.54) is 0 Å². The molecule has 0 saturated carbocycles. The molecule has 0 atom stereocenters. The van der Waals surface area contributed by atoms with Gasteiger partial charge in [0, 0.05) is 25.8 Å². The summed E-state index contributed by atoms with van der Waals surface area (Å²) in [5.41, 5.74) is 0.920. The van der Waals surface area contributed by atoms with E-state index in [1.54, 1.807) is 10.9 Å². The molecule has 0 amide bonds. The molecule has 92 valence electrons. The number of nitrogens with one attached hydrogen (secondary N) is 1. The minimum Gasteiger partial charge on any atom is -0.311 e. The number of halogens is 3. The normalized spacial score (nSPS) is 12.0. The molecule has 0 fully saturated rings. The summed E-state index contributed by atoms with van der Waals surface area (Å²) < 4.78 is 37.4. The van der Waals surface area contributed by atoms with Gasteiger partial charge in [-0.3, -0.25) is 4.68 Å². The van der Waals surface area contributed by atoms with Crippen molar-refractivity contribution >= 4 is 0 Å². The second kappa shape index (κ2) is 5.89. The predicted octanol–water partition coefficient (Wildman–Crippen LogP) is 2.34. The standard InChI is InChI=1S/C10H16F3N3/c1-2-7-16-9(3-5-15-16)8-14-6-4-10(11,12)13/h3,5,14H,2,4,6-8H2,1H3. The van der Waals surface area contributed by atoms with Gasteiger partial charge in [0.15, 0.2) is 0 Å². The van der Waals surface area contributed by atoms with Crippen LogP contribution in [-0.4, -0.2) is 22.5 Å². The fourth-order valence-corrected chi connectivity index (χ4v) is 1.37. The SMILES string of the molecule is CCCn1nccc1CNCCC(F)(F)F. The Labute approximate surface area is 92.6 Å². The van der Waals surface area contributed by atoms with Gasteiger partial charge in [-0.2, -0.15) is 18.3 Å². The molecule has 0 bridgehead atoms. The molecule has 0 aromatic carbocycles. The fourth-order valence-electron chi connectivity index (χ4n) is 1.37. The third-order valence-corrected chi connectivity index (χ3v) is 2.13. The van der Waals surface area contributed by atoms with E-state index in [0.29, 0.717) is 6.54 Å². The Morgan fingerprint density at radius 2 is 2.19 bits per heavy atom. The van der Waals surface area contributed by atoms with E-state index >= 15 is 0 Å². The molecule has 1 aromatic rings. The summed E-state index contributed by atoms with van der Waals surface area (Å²) in [6.45, 7) is 3.20. The van der Waals surface area contributed by atoms with Crippen LogP contribution in [0.1, 0.15) is 25.5 Å². The summed E-state index contributed by atoms with van der Waals surface area (Å²) in [5.74, 6) is 0. The van der Waals surface area contributed by atoms with Crippen LogP contribution in [0.25, 0.3) is 0 Å². The molecular formula is C10H16F3N3. The van der Waals surface area contributed by atoms with Crippen molar-refractivity contribution in [3.05, 3.63) is 18.0 Å². The maximum absolute atomic E-state index is 11.9. The van der Waals surface area contributed by atoms with Crippen LogP contribution < -0.4 is 5.32 Å². The van der Waals surface area contributed by atoms with Gasteiger partial charge < -0.3 is 5.32 Å². The number of hydrogen-bond donors (Lipinski definition) is 1. The molecule has 0 saturated heterocycles. The Balaban J connectivity index is 2.29. The Hall–Kier alpha value is -1.04. The lowest BCUT2D eigenvalue weighted by Crippen LogP contribution is -2.22. The highest BCUT2D eigenvalue weighted by Crippen LogP contribution is 2.18. The molecule has 1 N–H and O–H groups in total. The molecule has 1 heterocycles. The Morgan fingerprint density at radius 1 is 1.44 bits per heavy atom. The topological polar surface area (TPSA) is 29.9 Å². The lowest BCUT2D eigenvalue weighted by atomic mass is 10.3. The van der Waals surface area contributed by atoms with E-state index in [1.807, 2.05) is 13.0 Å². The van der Waals surface area contributed by atoms with Crippen LogP contribution in [0, 0.1) is 0 Å². The van der Waals surface area contributed by atoms with Crippen molar-refractivity contribution in [1.82, 2.24) is 15.1 Å². The largest absolute Gasteiger partial charge is 0.390 e. The predicted molar refractivity (Wildman–Crippen MR) is 54.9 cm³/mol. The summed E-state index contributed by atoms with van der Waals surface area (Å²) in [7, 11) is 0. The van der Waals surface area contributed by atoms with Gasteiger partial charge >= 0.3 is 6.18 Å². The number of aryl methyl sites for hydroxylation is 1. The van der Waals surface area contributed by atoms with Crippen LogP contribution in [0.15, 0.2) is 12.3 Å². The summed E-state index contributed by atoms with van der Waals surface area (Å²) >= 11 is 0. The summed E-state index contributed by atoms with van der Waals surface area (Å²) in [6.07, 6.45) is -2.26. The van der Waals surface area contributed by atoms with Crippen molar-refractivity contribution in [2.24, 2.45) is 0 Å². The molecule has 0 spiro atoms. The van der Waals surface area contributed by atoms with Crippen molar-refractivity contribution in [2.75, 3.05) is 6.54 Å². The van der Waals surface area contributed by atoms with E-state index in [2.05, 4.69) is 10.4 Å². The molecule has 0 aliphatic carbocycles. The number of hydrogen-bond acceptors (Lipinski definition) is 2. The van der Waals surface area contributed by atoms with Gasteiger partial charge in [-0.1, -0.05) is 6.92 Å². The Bertz CT molecular complexity index is 307. The lowest BCUT2D eigenvalue weighted by molar-refractivity contribution is -0.133. The third kappa shape index (κ3) is 4.65. The Kier molecular flexibility index (Phi) is 4.79. The first-order valence-electron chi connectivity index (χ1n) is 5.31. The van der Waals surface area contributed by atoms with Crippen LogP contribution in [-0.2, 0) is 13.1 Å². The van der Waals surface area contributed by atoms with E-state index in [4.69, 9.17) is 0 Å². The van der Waals surface area contributed by atoms with Crippen LogP contribution in [0.3, 0.4) is 0 Å². The minimum atomic E-state index is -4.09. The number of nitrogens with zero attached hydrogens (tertiary/aromatic N) is 2. The van der Waals surface area contributed by atoms with Crippen molar-refractivity contribution in [3.8, 4) is 0 Å². The maximum Gasteiger partial charge on any atom is 0.390 e. The average molecular weight is 235 g/mol. The Morgan fingerprint density at radius 3 is 2.81 bits per heavy atom. The van der Waals surface area contributed by atoms with Crippen LogP contribution in [0.2, 0.25) is 0 Å². The molecule has 3 nitrogen and oxygen atoms in total. The lowest BCUT2D eigenvalue weighted by Gasteiger charge is -2.09. The second-order valence-corrected chi connectivity index (χ2v) is 3.59. The third-order valence-electron chi connectivity index (χ3n) is 2.13. The molecular weight excluding hydrogens is 219 g/mol. The number of alkyl halides is 3. The first-order chi connectivity index (χ1) is 7.53. The van der Waals surface area contributed by atoms with E-state index in [-0.39, 0.29) is 6.54 Å². The summed E-state index contributed by atoms with van der Waals surface area (Å²) in [4.78, 5) is 0. The second-order valence-electron chi connectivity index (χ2n) is 3.59. The first kappa shape index (κ1) is 13.0. The van der Waals surface area contributed by atoms with Gasteiger partial charge in [-0.15, -0.1) is 0 Å². The van der Waals surface area contributed by atoms with Gasteiger partial charge in [0.2, 0.25) is 0 Å². The minimum absolute atomic E-state index is 0.0548. The molecule has 1 rings (SSSR count). The molecule has 6 heteroatoms. The van der Waals surface area contributed by atoms with Crippen LogP contribution >= 0.6 is 0 Å². The van der Waals surface area contributed by atoms with Crippen molar-refractivity contribution in [3.63, 3.8) is 0 Å². The van der Waals surface area contributed by atoms with E-state index in [9.17, 15) is 13.2 Å². The van der Waals surface area contributed by atoms with Crippen LogP contribution in [0.5, 0.6) is 0 Å². The molecule has 0 aliphatic rings. The van der Waals surface area contributed by atoms with Gasteiger partial charge in [-0.05, 0) is 12.5 Å². The smallest absolute Gasteiger partial charge is 0.311 e. The zero-order valence-electron chi connectivity index (χ0n) is 9.22. The zero-order valence-corrected chi connectivity index (χ0v) is 9.22. The summed E-state index contributed by atoms with van der Waals surface area (Å²) in [6, 6.07) is 1.82. The molecule has 0 radical (unpaired) electrons. The van der Waals surface area contributed by atoms with Crippen LogP contribution in [0.4, 0.5) is 13.2 Å². The van der Waals surface area contributed by atoms with Crippen molar-refractivity contribution < 1.29 is 13.2 Å². The van der Waals surface area contributed by atoms with Crippen molar-refractivity contribution in [2.45, 2.75) is 39.0 Å². The number of aromatic nitrogens is 2. The van der Waals surface area contributed by atoms with E-state index < -0.39 is 12.6 Å². The maximum atomic E-state index is 11.9. The highest BCUT2D eigenvalue weighted by atomic mass is 19.4. The highest BCUT2D eigenvalue weighted by Gasteiger charge is 2.25. The van der Waals surface area contributed by atoms with Crippen molar-refractivity contribution in [1.29, 1.82) is 0 Å². The molecule has 0 unspecified atom stereocenters. The van der Waals surface area contributed by atoms with E-state index in [0.717, 1.165) is 18.7 Å². The quantitative estimate of drug-likeness (QED) is 0.767. The zero-order chi connectivity index (χ0) is 12.0. The molecule has 16 heavy (non-hydrogen) atoms.